The van der Waals surface area contributed by atoms with Crippen LogP contribution in [0.3, 0.4) is 0 Å². The van der Waals surface area contributed by atoms with E-state index in [9.17, 15) is 14.7 Å². The summed E-state index contributed by atoms with van der Waals surface area (Å²) in [6.45, 7) is 5.19. The van der Waals surface area contributed by atoms with E-state index in [-0.39, 0.29) is 43.7 Å². The Morgan fingerprint density at radius 1 is 1.36 bits per heavy atom. The number of fused-ring (bicyclic) bond motifs is 1. The zero-order chi connectivity index (χ0) is 23.8. The van der Waals surface area contributed by atoms with E-state index < -0.39 is 6.09 Å². The number of likely N-dealkylation sites (N-methyl/N-ethyl adjacent to an activating group) is 1. The van der Waals surface area contributed by atoms with Gasteiger partial charge in [-0.1, -0.05) is 30.3 Å². The SMILES string of the molecule is C[C@@H]1CN([C@H](C)CO)C(=O)CCCn2nncc2CO[C@H]1CN(C)C(=O)Oc1ccccc1. The van der Waals surface area contributed by atoms with Crippen LogP contribution in [0, 0.1) is 5.92 Å². The molecule has 0 spiro atoms. The topological polar surface area (TPSA) is 110 Å². The highest BCUT2D eigenvalue weighted by molar-refractivity contribution is 5.76. The van der Waals surface area contributed by atoms with Crippen molar-refractivity contribution < 1.29 is 24.2 Å². The van der Waals surface area contributed by atoms with Crippen LogP contribution in [0.4, 0.5) is 4.79 Å². The van der Waals surface area contributed by atoms with Crippen molar-refractivity contribution in [3.63, 3.8) is 0 Å². The van der Waals surface area contributed by atoms with Crippen molar-refractivity contribution in [2.24, 2.45) is 5.92 Å². The van der Waals surface area contributed by atoms with Gasteiger partial charge in [-0.3, -0.25) is 4.79 Å². The Labute approximate surface area is 194 Å². The Kier molecular flexibility index (Phi) is 8.79. The largest absolute Gasteiger partial charge is 0.415 e. The van der Waals surface area contributed by atoms with E-state index in [1.807, 2.05) is 19.9 Å². The first-order chi connectivity index (χ1) is 15.9. The second kappa shape index (κ2) is 11.8. The van der Waals surface area contributed by atoms with Crippen LogP contribution in [0.5, 0.6) is 5.75 Å². The van der Waals surface area contributed by atoms with Gasteiger partial charge in [0.15, 0.2) is 0 Å². The molecule has 2 heterocycles. The molecule has 180 valence electrons. The Balaban J connectivity index is 1.76. The van der Waals surface area contributed by atoms with E-state index in [2.05, 4.69) is 10.3 Å². The fourth-order valence-corrected chi connectivity index (χ4v) is 3.76. The van der Waals surface area contributed by atoms with Gasteiger partial charge in [-0.15, -0.1) is 5.10 Å². The lowest BCUT2D eigenvalue weighted by Crippen LogP contribution is -2.48. The fraction of sp³-hybridized carbons (Fsp3) is 0.565. The molecule has 10 nitrogen and oxygen atoms in total. The summed E-state index contributed by atoms with van der Waals surface area (Å²) in [7, 11) is 1.66. The van der Waals surface area contributed by atoms with E-state index >= 15 is 0 Å². The lowest BCUT2D eigenvalue weighted by molar-refractivity contribution is -0.136. The van der Waals surface area contributed by atoms with Crippen LogP contribution in [-0.4, -0.2) is 80.8 Å². The molecule has 10 heteroatoms. The molecule has 0 aliphatic carbocycles. The molecule has 1 aliphatic heterocycles. The first-order valence-electron chi connectivity index (χ1n) is 11.3. The summed E-state index contributed by atoms with van der Waals surface area (Å²) >= 11 is 0. The molecule has 1 N–H and O–H groups in total. The van der Waals surface area contributed by atoms with E-state index in [1.54, 1.807) is 47.1 Å². The molecule has 0 saturated carbocycles. The monoisotopic (exact) mass is 459 g/mol. The number of aromatic nitrogens is 3. The van der Waals surface area contributed by atoms with Crippen molar-refractivity contribution in [1.82, 2.24) is 24.8 Å². The minimum absolute atomic E-state index is 0.0266. The molecule has 0 saturated heterocycles. The van der Waals surface area contributed by atoms with E-state index in [0.717, 1.165) is 5.69 Å². The lowest BCUT2D eigenvalue weighted by atomic mass is 10.0. The summed E-state index contributed by atoms with van der Waals surface area (Å²) in [5, 5.41) is 17.8. The highest BCUT2D eigenvalue weighted by atomic mass is 16.6. The van der Waals surface area contributed by atoms with Crippen LogP contribution in [0.1, 0.15) is 32.4 Å². The lowest BCUT2D eigenvalue weighted by Gasteiger charge is -2.35. The molecule has 0 radical (unpaired) electrons. The molecular weight excluding hydrogens is 426 g/mol. The number of para-hydroxylation sites is 1. The van der Waals surface area contributed by atoms with Crippen molar-refractivity contribution in [3.8, 4) is 5.75 Å². The summed E-state index contributed by atoms with van der Waals surface area (Å²) in [4.78, 5) is 28.7. The average Bonchev–Trinajstić information content (AvgIpc) is 3.26. The predicted molar refractivity (Wildman–Crippen MR) is 120 cm³/mol. The summed E-state index contributed by atoms with van der Waals surface area (Å²) in [5.74, 6) is 0.324. The normalized spacial score (nSPS) is 20.8. The number of carbonyl (C=O) groups is 2. The van der Waals surface area contributed by atoms with Crippen LogP contribution in [0.25, 0.3) is 0 Å². The highest BCUT2D eigenvalue weighted by Crippen LogP contribution is 2.19. The summed E-state index contributed by atoms with van der Waals surface area (Å²) in [5.41, 5.74) is 0.815. The molecule has 3 rings (SSSR count). The quantitative estimate of drug-likeness (QED) is 0.727. The maximum atomic E-state index is 12.9. The second-order valence-electron chi connectivity index (χ2n) is 8.52. The average molecular weight is 460 g/mol. The molecule has 0 fully saturated rings. The van der Waals surface area contributed by atoms with Crippen LogP contribution < -0.4 is 4.74 Å². The molecule has 1 aromatic carbocycles. The van der Waals surface area contributed by atoms with Gasteiger partial charge >= 0.3 is 6.09 Å². The number of aryl methyl sites for hydroxylation is 1. The standard InChI is InChI=1S/C23H33N5O5/c1-17-13-27(18(2)15-29)22(30)10-7-11-28-19(12-24-25-28)16-32-21(17)14-26(3)23(31)33-20-8-5-4-6-9-20/h4-6,8-9,12,17-18,21,29H,7,10-11,13-16H2,1-3H3/t17-,18-,21+/m1/s1. The Hall–Kier alpha value is -2.98. The number of hydrogen-bond donors (Lipinski definition) is 1. The molecule has 2 aromatic rings. The van der Waals surface area contributed by atoms with Gasteiger partial charge in [0.2, 0.25) is 5.91 Å². The number of aliphatic hydroxyl groups is 1. The van der Waals surface area contributed by atoms with Gasteiger partial charge in [0.05, 0.1) is 43.8 Å². The summed E-state index contributed by atoms with van der Waals surface area (Å²) in [6, 6.07) is 8.56. The van der Waals surface area contributed by atoms with Gasteiger partial charge in [0.1, 0.15) is 5.75 Å². The minimum atomic E-state index is -0.494. The Morgan fingerprint density at radius 3 is 2.85 bits per heavy atom. The zero-order valence-corrected chi connectivity index (χ0v) is 19.5. The van der Waals surface area contributed by atoms with Crippen molar-refractivity contribution in [2.75, 3.05) is 26.7 Å². The minimum Gasteiger partial charge on any atom is -0.410 e. The van der Waals surface area contributed by atoms with Crippen LogP contribution in [-0.2, 0) is 22.7 Å². The number of rotatable bonds is 5. The van der Waals surface area contributed by atoms with Crippen LogP contribution >= 0.6 is 0 Å². The van der Waals surface area contributed by atoms with Crippen molar-refractivity contribution in [2.45, 2.75) is 52.0 Å². The van der Waals surface area contributed by atoms with Gasteiger partial charge in [0, 0.05) is 32.5 Å². The third-order valence-electron chi connectivity index (χ3n) is 5.85. The zero-order valence-electron chi connectivity index (χ0n) is 19.5. The smallest absolute Gasteiger partial charge is 0.410 e. The number of carbonyl (C=O) groups excluding carboxylic acids is 2. The fourth-order valence-electron chi connectivity index (χ4n) is 3.76. The number of benzene rings is 1. The highest BCUT2D eigenvalue weighted by Gasteiger charge is 2.29. The van der Waals surface area contributed by atoms with E-state index in [0.29, 0.717) is 31.7 Å². The number of hydrogen-bond acceptors (Lipinski definition) is 7. The van der Waals surface area contributed by atoms with Gasteiger partial charge < -0.3 is 24.4 Å². The Bertz CT molecular complexity index is 906. The molecule has 1 aliphatic rings. The van der Waals surface area contributed by atoms with Crippen LogP contribution in [0.2, 0.25) is 0 Å². The van der Waals surface area contributed by atoms with Crippen molar-refractivity contribution in [1.29, 1.82) is 0 Å². The van der Waals surface area contributed by atoms with E-state index in [1.165, 1.54) is 4.90 Å². The predicted octanol–water partition coefficient (Wildman–Crippen LogP) is 1.93. The van der Waals surface area contributed by atoms with Gasteiger partial charge in [-0.25, -0.2) is 9.48 Å². The molecular formula is C23H33N5O5. The number of ether oxygens (including phenoxy) is 2. The number of nitrogens with zero attached hydrogens (tertiary/aromatic N) is 5. The molecule has 0 unspecified atom stereocenters. The van der Waals surface area contributed by atoms with Crippen molar-refractivity contribution >= 4 is 12.0 Å². The first-order valence-corrected chi connectivity index (χ1v) is 11.3. The molecule has 1 aromatic heterocycles. The first kappa shape index (κ1) is 24.7. The van der Waals surface area contributed by atoms with Gasteiger partial charge in [0.25, 0.3) is 0 Å². The van der Waals surface area contributed by atoms with E-state index in [4.69, 9.17) is 9.47 Å². The van der Waals surface area contributed by atoms with Gasteiger partial charge in [-0.2, -0.15) is 0 Å². The van der Waals surface area contributed by atoms with Crippen molar-refractivity contribution in [3.05, 3.63) is 42.2 Å². The maximum absolute atomic E-state index is 12.9. The third-order valence-corrected chi connectivity index (χ3v) is 5.85. The van der Waals surface area contributed by atoms with Crippen LogP contribution in [0.15, 0.2) is 36.5 Å². The Morgan fingerprint density at radius 2 is 2.12 bits per heavy atom. The summed E-state index contributed by atoms with van der Waals surface area (Å²) < 4.78 is 13.4. The molecule has 2 amide bonds. The molecule has 33 heavy (non-hydrogen) atoms. The molecule has 0 bridgehead atoms. The third kappa shape index (κ3) is 6.75. The second-order valence-corrected chi connectivity index (χ2v) is 8.52. The maximum Gasteiger partial charge on any atom is 0.415 e. The molecule has 3 atom stereocenters. The number of aliphatic hydroxyl groups excluding tert-OH is 1. The van der Waals surface area contributed by atoms with Gasteiger partial charge in [-0.05, 0) is 25.5 Å². The summed E-state index contributed by atoms with van der Waals surface area (Å²) in [6.07, 6.45) is 1.75. The number of amides is 2.